The second-order valence-electron chi connectivity index (χ2n) is 11.9. The van der Waals surface area contributed by atoms with Crippen molar-refractivity contribution in [2.45, 2.75) is 91.6 Å². The molecule has 7 heteroatoms. The number of nitrogens with zero attached hydrogens (tertiary/aromatic N) is 1. The zero-order chi connectivity index (χ0) is 29.4. The molecule has 0 aliphatic rings. The molecule has 2 aromatic rings. The zero-order valence-corrected chi connectivity index (χ0v) is 24.7. The fourth-order valence-corrected chi connectivity index (χ4v) is 4.27. The lowest BCUT2D eigenvalue weighted by atomic mass is 9.91. The van der Waals surface area contributed by atoms with Crippen molar-refractivity contribution in [1.29, 1.82) is 0 Å². The van der Waals surface area contributed by atoms with Gasteiger partial charge in [0.05, 0.1) is 0 Å². The van der Waals surface area contributed by atoms with Crippen LogP contribution in [0.15, 0.2) is 61.2 Å². The van der Waals surface area contributed by atoms with Crippen molar-refractivity contribution < 1.29 is 19.1 Å². The van der Waals surface area contributed by atoms with Crippen molar-refractivity contribution in [1.82, 2.24) is 15.5 Å². The molecule has 0 bridgehead atoms. The largest absolute Gasteiger partial charge is 0.444 e. The first kappa shape index (κ1) is 31.6. The molecule has 3 unspecified atom stereocenters. The van der Waals surface area contributed by atoms with Gasteiger partial charge in [-0.05, 0) is 70.2 Å². The summed E-state index contributed by atoms with van der Waals surface area (Å²) < 4.78 is 5.48. The average Bonchev–Trinajstić information content (AvgIpc) is 2.87. The van der Waals surface area contributed by atoms with E-state index in [2.05, 4.69) is 17.2 Å². The smallest absolute Gasteiger partial charge is 0.408 e. The Labute approximate surface area is 234 Å². The van der Waals surface area contributed by atoms with Crippen LogP contribution in [-0.2, 0) is 20.9 Å². The van der Waals surface area contributed by atoms with Crippen LogP contribution in [0.4, 0.5) is 4.79 Å². The van der Waals surface area contributed by atoms with Crippen LogP contribution in [0, 0.1) is 5.92 Å². The van der Waals surface area contributed by atoms with Crippen LogP contribution in [0.2, 0.25) is 0 Å². The standard InChI is InChI=1S/C32H45N3O4/c1-10-22(3)26(34-30(38)39-32(7,8)9)29(37)35(31(4,5)6)27(25-19-15-18-23(11-2)20-25)28(36)33-21-24-16-13-12-14-17-24/h11-20,22,26-27H,2,10,21H2,1,3-9H3,(H,33,36)(H,34,38). The number of carbonyl (C=O) groups excluding carboxylic acids is 3. The van der Waals surface area contributed by atoms with E-state index in [1.165, 1.54) is 0 Å². The number of rotatable bonds is 10. The van der Waals surface area contributed by atoms with Gasteiger partial charge in [0.2, 0.25) is 11.8 Å². The number of hydrogen-bond acceptors (Lipinski definition) is 4. The molecule has 2 aromatic carbocycles. The van der Waals surface area contributed by atoms with Crippen LogP contribution in [-0.4, -0.2) is 40.0 Å². The van der Waals surface area contributed by atoms with Crippen LogP contribution in [0.5, 0.6) is 0 Å². The molecule has 3 atom stereocenters. The molecule has 2 N–H and O–H groups in total. The van der Waals surface area contributed by atoms with Crippen LogP contribution >= 0.6 is 0 Å². The Balaban J connectivity index is 2.57. The van der Waals surface area contributed by atoms with Crippen molar-refractivity contribution in [3.05, 3.63) is 77.9 Å². The molecule has 39 heavy (non-hydrogen) atoms. The van der Waals surface area contributed by atoms with E-state index in [9.17, 15) is 14.4 Å². The van der Waals surface area contributed by atoms with Crippen LogP contribution in [0.1, 0.15) is 84.5 Å². The lowest BCUT2D eigenvalue weighted by Crippen LogP contribution is -2.60. The first-order valence-electron chi connectivity index (χ1n) is 13.5. The molecule has 3 amide bonds. The fourth-order valence-electron chi connectivity index (χ4n) is 4.27. The number of ether oxygens (including phenoxy) is 1. The minimum absolute atomic E-state index is 0.206. The highest BCUT2D eigenvalue weighted by Crippen LogP contribution is 2.32. The van der Waals surface area contributed by atoms with E-state index in [0.29, 0.717) is 18.5 Å². The maximum Gasteiger partial charge on any atom is 0.408 e. The second-order valence-corrected chi connectivity index (χ2v) is 11.9. The van der Waals surface area contributed by atoms with Gasteiger partial charge in [-0.25, -0.2) is 4.79 Å². The average molecular weight is 536 g/mol. The molecular weight excluding hydrogens is 490 g/mol. The van der Waals surface area contributed by atoms with Gasteiger partial charge >= 0.3 is 6.09 Å². The maximum absolute atomic E-state index is 14.4. The van der Waals surface area contributed by atoms with E-state index < -0.39 is 29.3 Å². The number of benzene rings is 2. The fraction of sp³-hybridized carbons (Fsp3) is 0.469. The molecule has 0 heterocycles. The summed E-state index contributed by atoms with van der Waals surface area (Å²) in [6.45, 7) is 19.0. The first-order valence-corrected chi connectivity index (χ1v) is 13.5. The van der Waals surface area contributed by atoms with E-state index in [4.69, 9.17) is 4.74 Å². The number of hydrogen-bond donors (Lipinski definition) is 2. The molecule has 0 fully saturated rings. The predicted octanol–water partition coefficient (Wildman–Crippen LogP) is 6.25. The molecular formula is C32H45N3O4. The third-order valence-electron chi connectivity index (χ3n) is 6.39. The summed E-state index contributed by atoms with van der Waals surface area (Å²) in [5.74, 6) is -0.877. The monoisotopic (exact) mass is 535 g/mol. The summed E-state index contributed by atoms with van der Waals surface area (Å²) in [6, 6.07) is 15.2. The van der Waals surface area contributed by atoms with Crippen molar-refractivity contribution in [3.63, 3.8) is 0 Å². The van der Waals surface area contributed by atoms with E-state index in [-0.39, 0.29) is 17.7 Å². The number of carbonyl (C=O) groups is 3. The third kappa shape index (κ3) is 9.27. The molecule has 0 saturated carbocycles. The van der Waals surface area contributed by atoms with Gasteiger partial charge < -0.3 is 20.3 Å². The highest BCUT2D eigenvalue weighted by Gasteiger charge is 2.43. The van der Waals surface area contributed by atoms with Crippen LogP contribution < -0.4 is 10.6 Å². The highest BCUT2D eigenvalue weighted by molar-refractivity contribution is 5.93. The number of amides is 3. The predicted molar refractivity (Wildman–Crippen MR) is 157 cm³/mol. The van der Waals surface area contributed by atoms with Gasteiger partial charge in [-0.15, -0.1) is 0 Å². The van der Waals surface area contributed by atoms with Gasteiger partial charge in [0.25, 0.3) is 0 Å². The number of alkyl carbamates (subject to hydrolysis) is 1. The molecule has 0 radical (unpaired) electrons. The van der Waals surface area contributed by atoms with E-state index in [1.807, 2.05) is 89.2 Å². The lowest BCUT2D eigenvalue weighted by molar-refractivity contribution is -0.149. The molecule has 2 rings (SSSR count). The van der Waals surface area contributed by atoms with Crippen molar-refractivity contribution >= 4 is 24.0 Å². The molecule has 0 aliphatic heterocycles. The van der Waals surface area contributed by atoms with Crippen LogP contribution in [0.25, 0.3) is 6.08 Å². The summed E-state index contributed by atoms with van der Waals surface area (Å²) in [5.41, 5.74) is 0.947. The summed E-state index contributed by atoms with van der Waals surface area (Å²) in [7, 11) is 0. The van der Waals surface area contributed by atoms with Gasteiger partial charge in [0.1, 0.15) is 17.7 Å². The molecule has 7 nitrogen and oxygen atoms in total. The van der Waals surface area contributed by atoms with E-state index in [1.54, 1.807) is 31.7 Å². The van der Waals surface area contributed by atoms with Gasteiger partial charge in [-0.1, -0.05) is 81.5 Å². The van der Waals surface area contributed by atoms with Crippen molar-refractivity contribution in [2.75, 3.05) is 0 Å². The zero-order valence-electron chi connectivity index (χ0n) is 24.7. The Hall–Kier alpha value is -3.61. The summed E-state index contributed by atoms with van der Waals surface area (Å²) in [4.78, 5) is 42.7. The Morgan fingerprint density at radius 2 is 1.64 bits per heavy atom. The normalized spacial score (nSPS) is 13.9. The Kier molecular flexibility index (Phi) is 10.9. The Morgan fingerprint density at radius 1 is 1.00 bits per heavy atom. The lowest BCUT2D eigenvalue weighted by Gasteiger charge is -2.44. The van der Waals surface area contributed by atoms with Gasteiger partial charge in [-0.2, -0.15) is 0 Å². The van der Waals surface area contributed by atoms with Gasteiger partial charge in [-0.3, -0.25) is 9.59 Å². The SMILES string of the molecule is C=Cc1cccc(C(C(=O)NCc2ccccc2)N(C(=O)C(NC(=O)OC(C)(C)C)C(C)CC)C(C)(C)C)c1. The third-order valence-corrected chi connectivity index (χ3v) is 6.39. The number of nitrogens with one attached hydrogen (secondary N) is 2. The molecule has 0 spiro atoms. The second kappa shape index (κ2) is 13.5. The summed E-state index contributed by atoms with van der Waals surface area (Å²) >= 11 is 0. The topological polar surface area (TPSA) is 87.7 Å². The summed E-state index contributed by atoms with van der Waals surface area (Å²) in [5, 5.41) is 5.83. The molecule has 212 valence electrons. The first-order chi connectivity index (χ1) is 18.2. The minimum atomic E-state index is -0.951. The van der Waals surface area contributed by atoms with Crippen molar-refractivity contribution in [3.8, 4) is 0 Å². The van der Waals surface area contributed by atoms with Crippen LogP contribution in [0.3, 0.4) is 0 Å². The quantitative estimate of drug-likeness (QED) is 0.376. The molecule has 0 aromatic heterocycles. The minimum Gasteiger partial charge on any atom is -0.444 e. The van der Waals surface area contributed by atoms with E-state index in [0.717, 1.165) is 11.1 Å². The molecule has 0 saturated heterocycles. The van der Waals surface area contributed by atoms with Gasteiger partial charge in [0, 0.05) is 12.1 Å². The highest BCUT2D eigenvalue weighted by atomic mass is 16.6. The maximum atomic E-state index is 14.4. The van der Waals surface area contributed by atoms with Crippen molar-refractivity contribution in [2.24, 2.45) is 5.92 Å². The van der Waals surface area contributed by atoms with Gasteiger partial charge in [0.15, 0.2) is 0 Å². The Morgan fingerprint density at radius 3 is 2.18 bits per heavy atom. The summed E-state index contributed by atoms with van der Waals surface area (Å²) in [6.07, 6.45) is 1.67. The Bertz CT molecular complexity index is 1130. The molecule has 0 aliphatic carbocycles. The van der Waals surface area contributed by atoms with E-state index >= 15 is 0 Å².